The Balaban J connectivity index is 1.57. The molecule has 170 valence electrons. The third-order valence-corrected chi connectivity index (χ3v) is 10.5. The fourth-order valence-corrected chi connectivity index (χ4v) is 9.03. The van der Waals surface area contributed by atoms with Gasteiger partial charge in [0.05, 0.1) is 4.92 Å². The first-order valence-corrected chi connectivity index (χ1v) is 13.1. The van der Waals surface area contributed by atoms with Crippen molar-refractivity contribution in [3.63, 3.8) is 0 Å². The van der Waals surface area contributed by atoms with Crippen molar-refractivity contribution in [1.29, 1.82) is 0 Å². The van der Waals surface area contributed by atoms with Crippen molar-refractivity contribution < 1.29 is 4.92 Å². The molecule has 0 amide bonds. The summed E-state index contributed by atoms with van der Waals surface area (Å²) in [5.41, 5.74) is 2.39. The fraction of sp³-hybridized carbons (Fsp3) is 0.926. The lowest BCUT2D eigenvalue weighted by molar-refractivity contribution is -0.434. The van der Waals surface area contributed by atoms with Crippen LogP contribution in [0, 0.1) is 56.5 Å². The molecule has 0 aromatic carbocycles. The molecule has 0 radical (unpaired) electrons. The van der Waals surface area contributed by atoms with Crippen LogP contribution < -0.4 is 0 Å². The number of hydrogen-bond donors (Lipinski definition) is 0. The van der Waals surface area contributed by atoms with E-state index in [1.807, 2.05) is 0 Å². The van der Waals surface area contributed by atoms with Crippen molar-refractivity contribution in [3.8, 4) is 0 Å². The second-order valence-electron chi connectivity index (χ2n) is 12.4. The van der Waals surface area contributed by atoms with Crippen molar-refractivity contribution in [1.82, 2.24) is 0 Å². The summed E-state index contributed by atoms with van der Waals surface area (Å²) >= 11 is 0. The van der Waals surface area contributed by atoms with Crippen LogP contribution in [0.5, 0.6) is 0 Å². The molecule has 0 unspecified atom stereocenters. The maximum Gasteiger partial charge on any atom is 0.246 e. The lowest BCUT2D eigenvalue weighted by atomic mass is 9.46. The van der Waals surface area contributed by atoms with Crippen molar-refractivity contribution in [2.45, 2.75) is 112 Å². The van der Waals surface area contributed by atoms with Crippen molar-refractivity contribution in [2.24, 2.45) is 46.3 Å². The van der Waals surface area contributed by atoms with Crippen LogP contribution in [-0.4, -0.2) is 4.92 Å². The minimum atomic E-state index is 0.0159. The smallest absolute Gasteiger partial charge is 0.246 e. The zero-order chi connectivity index (χ0) is 21.7. The summed E-state index contributed by atoms with van der Waals surface area (Å²) in [5.74, 6) is 4.35. The normalized spacial score (nSPS) is 41.9. The molecule has 0 saturated heterocycles. The Bertz CT molecular complexity index is 697. The Morgan fingerprint density at radius 2 is 1.80 bits per heavy atom. The monoisotopic (exact) mass is 415 g/mol. The molecule has 0 aromatic heterocycles. The first kappa shape index (κ1) is 22.3. The highest BCUT2D eigenvalue weighted by molar-refractivity contribution is 5.27. The van der Waals surface area contributed by atoms with Crippen LogP contribution in [-0.2, 0) is 0 Å². The van der Waals surface area contributed by atoms with E-state index in [2.05, 4.69) is 34.6 Å². The van der Waals surface area contributed by atoms with E-state index in [-0.39, 0.29) is 10.3 Å². The van der Waals surface area contributed by atoms with Gasteiger partial charge in [-0.1, -0.05) is 60.3 Å². The molecule has 3 heteroatoms. The van der Waals surface area contributed by atoms with Crippen LogP contribution in [0.15, 0.2) is 11.3 Å². The van der Waals surface area contributed by atoms with Gasteiger partial charge in [0, 0.05) is 12.0 Å². The lowest BCUT2D eigenvalue weighted by Crippen LogP contribution is -2.51. The van der Waals surface area contributed by atoms with E-state index in [1.165, 1.54) is 63.4 Å². The fourth-order valence-electron chi connectivity index (χ4n) is 9.03. The summed E-state index contributed by atoms with van der Waals surface area (Å²) in [6, 6.07) is 0. The summed E-state index contributed by atoms with van der Waals surface area (Å²) in [7, 11) is 0. The predicted octanol–water partition coefficient (Wildman–Crippen LogP) is 8.02. The van der Waals surface area contributed by atoms with Gasteiger partial charge in [0.15, 0.2) is 0 Å². The Labute approximate surface area is 184 Å². The van der Waals surface area contributed by atoms with E-state index in [4.69, 9.17) is 0 Å². The molecule has 0 aromatic rings. The molecular weight excluding hydrogens is 370 g/mol. The lowest BCUT2D eigenvalue weighted by Gasteiger charge is -2.57. The largest absolute Gasteiger partial charge is 0.259 e. The van der Waals surface area contributed by atoms with Crippen molar-refractivity contribution in [3.05, 3.63) is 21.4 Å². The van der Waals surface area contributed by atoms with Gasteiger partial charge in [0.25, 0.3) is 0 Å². The van der Waals surface area contributed by atoms with Gasteiger partial charge in [0.1, 0.15) is 0 Å². The first-order chi connectivity index (χ1) is 14.2. The van der Waals surface area contributed by atoms with Crippen molar-refractivity contribution >= 4 is 0 Å². The second-order valence-corrected chi connectivity index (χ2v) is 12.4. The van der Waals surface area contributed by atoms with E-state index in [9.17, 15) is 10.1 Å². The molecule has 0 spiro atoms. The van der Waals surface area contributed by atoms with E-state index in [0.717, 1.165) is 37.0 Å². The SMILES string of the molecule is CC(C)CCC[C@H](C)[C@@H]1CC[C@@H]2[C@H]3CC([N+](=O)[O-])=C4CCCC[C@]4(C)[C@@H]3CC[C@]21C. The van der Waals surface area contributed by atoms with Gasteiger partial charge in [0.2, 0.25) is 5.70 Å². The number of fused-ring (bicyclic) bond motifs is 5. The zero-order valence-corrected chi connectivity index (χ0v) is 20.2. The van der Waals surface area contributed by atoms with Crippen LogP contribution in [0.4, 0.5) is 0 Å². The number of hydrogen-bond acceptors (Lipinski definition) is 2. The number of rotatable bonds is 6. The molecule has 4 rings (SSSR count). The standard InChI is InChI=1S/C27H45NO2/c1-18(2)9-8-10-19(3)21-12-13-22-20-17-25(28(29)30)24-11-6-7-15-26(24,4)23(20)14-16-27(21,22)5/h18-23H,6-17H2,1-5H3/t19-,20+,21-,22+,23+,26+,27-/m0/s1. The van der Waals surface area contributed by atoms with E-state index >= 15 is 0 Å². The van der Waals surface area contributed by atoms with Crippen LogP contribution in [0.1, 0.15) is 112 Å². The molecule has 4 aliphatic carbocycles. The first-order valence-electron chi connectivity index (χ1n) is 13.1. The Kier molecular flexibility index (Phi) is 6.14. The third-order valence-electron chi connectivity index (χ3n) is 10.5. The van der Waals surface area contributed by atoms with E-state index in [1.54, 1.807) is 0 Å². The maximum atomic E-state index is 12.1. The summed E-state index contributed by atoms with van der Waals surface area (Å²) in [4.78, 5) is 12.1. The van der Waals surface area contributed by atoms with Gasteiger partial charge in [-0.05, 0) is 91.3 Å². The maximum absolute atomic E-state index is 12.1. The van der Waals surface area contributed by atoms with Crippen molar-refractivity contribution in [2.75, 3.05) is 0 Å². The van der Waals surface area contributed by atoms with Gasteiger partial charge in [-0.25, -0.2) is 0 Å². The minimum absolute atomic E-state index is 0.0159. The summed E-state index contributed by atoms with van der Waals surface area (Å²) in [6.07, 6.45) is 14.7. The average Bonchev–Trinajstić information content (AvgIpc) is 3.03. The molecular formula is C27H45NO2. The summed E-state index contributed by atoms with van der Waals surface area (Å²) in [6.45, 7) is 12.2. The Morgan fingerprint density at radius 3 is 2.50 bits per heavy atom. The van der Waals surface area contributed by atoms with Crippen LogP contribution in [0.3, 0.4) is 0 Å². The third kappa shape index (κ3) is 3.56. The Morgan fingerprint density at radius 1 is 1.03 bits per heavy atom. The molecule has 3 fully saturated rings. The number of nitro groups is 1. The molecule has 30 heavy (non-hydrogen) atoms. The van der Waals surface area contributed by atoms with E-state index < -0.39 is 0 Å². The Hall–Kier alpha value is -0.860. The molecule has 4 aliphatic rings. The molecule has 3 nitrogen and oxygen atoms in total. The molecule has 3 saturated carbocycles. The van der Waals surface area contributed by atoms with Gasteiger partial charge in [-0.2, -0.15) is 0 Å². The molecule has 7 atom stereocenters. The second kappa shape index (κ2) is 8.24. The van der Waals surface area contributed by atoms with E-state index in [0.29, 0.717) is 28.9 Å². The van der Waals surface area contributed by atoms with Crippen LogP contribution in [0.25, 0.3) is 0 Å². The highest BCUT2D eigenvalue weighted by Crippen LogP contribution is 2.68. The molecule has 0 heterocycles. The van der Waals surface area contributed by atoms with Gasteiger partial charge in [-0.15, -0.1) is 0 Å². The quantitative estimate of drug-likeness (QED) is 0.325. The van der Waals surface area contributed by atoms with Gasteiger partial charge in [-0.3, -0.25) is 10.1 Å². The van der Waals surface area contributed by atoms with Gasteiger partial charge < -0.3 is 0 Å². The summed E-state index contributed by atoms with van der Waals surface area (Å²) in [5, 5.41) is 12.1. The highest BCUT2D eigenvalue weighted by atomic mass is 16.6. The summed E-state index contributed by atoms with van der Waals surface area (Å²) < 4.78 is 0. The number of allylic oxidation sites excluding steroid dienone is 2. The van der Waals surface area contributed by atoms with Crippen LogP contribution in [0.2, 0.25) is 0 Å². The molecule has 0 aliphatic heterocycles. The van der Waals surface area contributed by atoms with Crippen LogP contribution >= 0.6 is 0 Å². The molecule has 0 bridgehead atoms. The average molecular weight is 416 g/mol. The predicted molar refractivity (Wildman–Crippen MR) is 124 cm³/mol. The van der Waals surface area contributed by atoms with Gasteiger partial charge >= 0.3 is 0 Å². The minimum Gasteiger partial charge on any atom is -0.259 e. The molecule has 0 N–H and O–H groups in total. The highest BCUT2D eigenvalue weighted by Gasteiger charge is 2.61. The number of nitrogens with zero attached hydrogens (tertiary/aromatic N) is 1. The zero-order valence-electron chi connectivity index (χ0n) is 20.2. The topological polar surface area (TPSA) is 43.1 Å².